The summed E-state index contributed by atoms with van der Waals surface area (Å²) in [7, 11) is 1.62. The molecule has 2 aromatic rings. The summed E-state index contributed by atoms with van der Waals surface area (Å²) in [6.45, 7) is 1.48. The fraction of sp³-hybridized carbons (Fsp3) is 0.389. The van der Waals surface area contributed by atoms with Crippen molar-refractivity contribution in [1.29, 1.82) is 0 Å². The van der Waals surface area contributed by atoms with Crippen LogP contribution in [-0.4, -0.2) is 31.1 Å². The fourth-order valence-corrected chi connectivity index (χ4v) is 2.88. The van der Waals surface area contributed by atoms with Crippen molar-refractivity contribution in [1.82, 2.24) is 4.90 Å². The number of carbonyl (C=O) groups is 1. The number of amides is 1. The molecule has 1 aromatic heterocycles. The van der Waals surface area contributed by atoms with Crippen molar-refractivity contribution < 1.29 is 18.3 Å². The van der Waals surface area contributed by atoms with Crippen LogP contribution < -0.4 is 0 Å². The summed E-state index contributed by atoms with van der Waals surface area (Å²) in [6.07, 6.45) is 4.84. The molecule has 122 valence electrons. The standard InChI is InChI=1S/C18H20FNO3/c1-22-11-9-20(12-14-6-10-23-13-14)17(21)18(7-8-18)15-2-4-16(19)5-3-15/h2-6,10,13H,7-9,11-12H2,1H3. The van der Waals surface area contributed by atoms with Crippen LogP contribution in [0.15, 0.2) is 47.3 Å². The summed E-state index contributed by atoms with van der Waals surface area (Å²) in [5.74, 6) is -0.214. The van der Waals surface area contributed by atoms with E-state index in [4.69, 9.17) is 9.15 Å². The Morgan fingerprint density at radius 3 is 2.61 bits per heavy atom. The molecule has 1 aliphatic carbocycles. The molecular formula is C18H20FNO3. The zero-order valence-corrected chi connectivity index (χ0v) is 13.1. The SMILES string of the molecule is COCCN(Cc1ccoc1)C(=O)C1(c2ccc(F)cc2)CC1. The van der Waals surface area contributed by atoms with E-state index >= 15 is 0 Å². The zero-order chi connectivity index (χ0) is 16.3. The Balaban J connectivity index is 1.80. The first kappa shape index (κ1) is 15.7. The van der Waals surface area contributed by atoms with E-state index in [0.717, 1.165) is 24.0 Å². The summed E-state index contributed by atoms with van der Waals surface area (Å²) < 4.78 is 23.4. The Morgan fingerprint density at radius 1 is 1.30 bits per heavy atom. The zero-order valence-electron chi connectivity index (χ0n) is 13.1. The number of halogens is 1. The molecule has 1 fully saturated rings. The van der Waals surface area contributed by atoms with E-state index in [1.165, 1.54) is 12.1 Å². The van der Waals surface area contributed by atoms with E-state index in [-0.39, 0.29) is 11.7 Å². The van der Waals surface area contributed by atoms with Crippen molar-refractivity contribution in [3.8, 4) is 0 Å². The largest absolute Gasteiger partial charge is 0.472 e. The quantitative estimate of drug-likeness (QED) is 0.788. The molecule has 3 rings (SSSR count). The molecule has 23 heavy (non-hydrogen) atoms. The Kier molecular flexibility index (Phi) is 4.48. The van der Waals surface area contributed by atoms with Gasteiger partial charge < -0.3 is 14.1 Å². The van der Waals surface area contributed by atoms with Crippen molar-refractivity contribution in [2.75, 3.05) is 20.3 Å². The van der Waals surface area contributed by atoms with Crippen LogP contribution in [0.2, 0.25) is 0 Å². The number of carbonyl (C=O) groups excluding carboxylic acids is 1. The lowest BCUT2D eigenvalue weighted by Gasteiger charge is -2.27. The van der Waals surface area contributed by atoms with Gasteiger partial charge in [0, 0.05) is 25.8 Å². The van der Waals surface area contributed by atoms with Gasteiger partial charge in [-0.15, -0.1) is 0 Å². The molecular weight excluding hydrogens is 297 g/mol. The van der Waals surface area contributed by atoms with E-state index in [2.05, 4.69) is 0 Å². The fourth-order valence-electron chi connectivity index (χ4n) is 2.88. The first-order chi connectivity index (χ1) is 11.2. The van der Waals surface area contributed by atoms with Crippen LogP contribution in [0.4, 0.5) is 4.39 Å². The van der Waals surface area contributed by atoms with Gasteiger partial charge in [0.15, 0.2) is 0 Å². The van der Waals surface area contributed by atoms with Crippen molar-refractivity contribution in [2.45, 2.75) is 24.8 Å². The lowest BCUT2D eigenvalue weighted by molar-refractivity contribution is -0.135. The third-order valence-electron chi connectivity index (χ3n) is 4.36. The lowest BCUT2D eigenvalue weighted by Crippen LogP contribution is -2.40. The molecule has 1 heterocycles. The number of furan rings is 1. The maximum absolute atomic E-state index is 13.2. The molecule has 1 amide bonds. The van der Waals surface area contributed by atoms with Gasteiger partial charge in [-0.25, -0.2) is 4.39 Å². The average Bonchev–Trinajstić information content (AvgIpc) is 3.21. The van der Waals surface area contributed by atoms with Crippen LogP contribution in [0.3, 0.4) is 0 Å². The third-order valence-corrected chi connectivity index (χ3v) is 4.36. The van der Waals surface area contributed by atoms with Crippen molar-refractivity contribution in [2.24, 2.45) is 0 Å². The maximum Gasteiger partial charge on any atom is 0.233 e. The van der Waals surface area contributed by atoms with Gasteiger partial charge >= 0.3 is 0 Å². The van der Waals surface area contributed by atoms with Crippen LogP contribution in [-0.2, 0) is 21.5 Å². The third kappa shape index (κ3) is 3.29. The van der Waals surface area contributed by atoms with Gasteiger partial charge in [-0.2, -0.15) is 0 Å². The van der Waals surface area contributed by atoms with E-state index in [0.29, 0.717) is 19.7 Å². The number of hydrogen-bond acceptors (Lipinski definition) is 3. The van der Waals surface area contributed by atoms with Gasteiger partial charge in [-0.3, -0.25) is 4.79 Å². The van der Waals surface area contributed by atoms with Gasteiger partial charge in [0.1, 0.15) is 5.82 Å². The minimum Gasteiger partial charge on any atom is -0.472 e. The summed E-state index contributed by atoms with van der Waals surface area (Å²) in [5.41, 5.74) is 1.33. The predicted molar refractivity (Wildman–Crippen MR) is 83.3 cm³/mol. The second-order valence-electron chi connectivity index (χ2n) is 5.94. The molecule has 1 aliphatic rings. The number of benzene rings is 1. The molecule has 0 spiro atoms. The molecule has 0 N–H and O–H groups in total. The van der Waals surface area contributed by atoms with Gasteiger partial charge in [0.25, 0.3) is 0 Å². The first-order valence-electron chi connectivity index (χ1n) is 7.71. The highest BCUT2D eigenvalue weighted by Crippen LogP contribution is 2.49. The highest BCUT2D eigenvalue weighted by atomic mass is 19.1. The van der Waals surface area contributed by atoms with Gasteiger partial charge in [-0.05, 0) is 36.6 Å². The van der Waals surface area contributed by atoms with Gasteiger partial charge in [-0.1, -0.05) is 12.1 Å². The molecule has 4 nitrogen and oxygen atoms in total. The number of nitrogens with zero attached hydrogens (tertiary/aromatic N) is 1. The van der Waals surface area contributed by atoms with E-state index in [9.17, 15) is 9.18 Å². The van der Waals surface area contributed by atoms with Crippen molar-refractivity contribution >= 4 is 5.91 Å². The highest BCUT2D eigenvalue weighted by molar-refractivity contribution is 5.91. The van der Waals surface area contributed by atoms with Crippen molar-refractivity contribution in [3.63, 3.8) is 0 Å². The summed E-state index contributed by atoms with van der Waals surface area (Å²) >= 11 is 0. The second kappa shape index (κ2) is 6.54. The Bertz CT molecular complexity index is 647. The summed E-state index contributed by atoms with van der Waals surface area (Å²) in [6, 6.07) is 8.11. The number of methoxy groups -OCH3 is 1. The van der Waals surface area contributed by atoms with Crippen LogP contribution in [0, 0.1) is 5.82 Å². The van der Waals surface area contributed by atoms with Crippen LogP contribution in [0.5, 0.6) is 0 Å². The maximum atomic E-state index is 13.2. The molecule has 0 saturated heterocycles. The van der Waals surface area contributed by atoms with Gasteiger partial charge in [0.2, 0.25) is 5.91 Å². The Morgan fingerprint density at radius 2 is 2.04 bits per heavy atom. The Labute approximate surface area is 134 Å². The number of rotatable bonds is 7. The van der Waals surface area contributed by atoms with Crippen molar-refractivity contribution in [3.05, 3.63) is 59.8 Å². The Hall–Kier alpha value is -2.14. The van der Waals surface area contributed by atoms with E-state index in [1.807, 2.05) is 6.07 Å². The average molecular weight is 317 g/mol. The first-order valence-corrected chi connectivity index (χ1v) is 7.71. The van der Waals surface area contributed by atoms with E-state index in [1.54, 1.807) is 36.7 Å². The van der Waals surface area contributed by atoms with Gasteiger partial charge in [0.05, 0.1) is 24.5 Å². The molecule has 0 radical (unpaired) electrons. The molecule has 5 heteroatoms. The summed E-state index contributed by atoms with van der Waals surface area (Å²) in [4.78, 5) is 14.9. The number of hydrogen-bond donors (Lipinski definition) is 0. The van der Waals surface area contributed by atoms with Crippen LogP contribution in [0.1, 0.15) is 24.0 Å². The molecule has 0 bridgehead atoms. The molecule has 1 aromatic carbocycles. The minimum atomic E-state index is -0.509. The molecule has 0 atom stereocenters. The highest BCUT2D eigenvalue weighted by Gasteiger charge is 2.52. The molecule has 1 saturated carbocycles. The molecule has 0 unspecified atom stereocenters. The smallest absolute Gasteiger partial charge is 0.233 e. The van der Waals surface area contributed by atoms with Crippen LogP contribution >= 0.6 is 0 Å². The topological polar surface area (TPSA) is 42.7 Å². The second-order valence-corrected chi connectivity index (χ2v) is 5.94. The summed E-state index contributed by atoms with van der Waals surface area (Å²) in [5, 5.41) is 0. The van der Waals surface area contributed by atoms with E-state index < -0.39 is 5.41 Å². The minimum absolute atomic E-state index is 0.0716. The monoisotopic (exact) mass is 317 g/mol. The molecule has 0 aliphatic heterocycles. The normalized spacial score (nSPS) is 15.4. The lowest BCUT2D eigenvalue weighted by atomic mass is 9.94. The number of ether oxygens (including phenoxy) is 1. The van der Waals surface area contributed by atoms with Crippen LogP contribution in [0.25, 0.3) is 0 Å². The predicted octanol–water partition coefficient (Wildman–Crippen LogP) is 3.13.